The highest BCUT2D eigenvalue weighted by atomic mass is 16.2. The van der Waals surface area contributed by atoms with E-state index in [1.54, 1.807) is 0 Å². The minimum Gasteiger partial charge on any atom is -0.322 e. The molecule has 2 fully saturated rings. The summed E-state index contributed by atoms with van der Waals surface area (Å²) in [7, 11) is 0. The van der Waals surface area contributed by atoms with E-state index in [-0.39, 0.29) is 12.1 Å². The highest BCUT2D eigenvalue weighted by molar-refractivity contribution is 5.81. The third-order valence-corrected chi connectivity index (χ3v) is 4.65. The molecule has 1 aliphatic heterocycles. The van der Waals surface area contributed by atoms with Gasteiger partial charge in [-0.25, -0.2) is 0 Å². The summed E-state index contributed by atoms with van der Waals surface area (Å²) in [6.45, 7) is 3.49. The van der Waals surface area contributed by atoms with E-state index in [0.717, 1.165) is 6.54 Å². The van der Waals surface area contributed by atoms with Gasteiger partial charge in [-0.3, -0.25) is 10.1 Å². The summed E-state index contributed by atoms with van der Waals surface area (Å²) >= 11 is 0. The second-order valence-corrected chi connectivity index (χ2v) is 6.24. The molecule has 1 saturated carbocycles. The largest absolute Gasteiger partial charge is 0.322 e. The van der Waals surface area contributed by atoms with Gasteiger partial charge in [-0.15, -0.1) is 0 Å². The second-order valence-electron chi connectivity index (χ2n) is 6.24. The Bertz CT molecular complexity index is 462. The average molecular weight is 272 g/mol. The molecule has 1 N–H and O–H groups in total. The number of hydrogen-bond acceptors (Lipinski definition) is 2. The third kappa shape index (κ3) is 2.88. The predicted molar refractivity (Wildman–Crippen MR) is 80.2 cm³/mol. The number of carbonyl (C=O) groups excluding carboxylic acids is 1. The van der Waals surface area contributed by atoms with Crippen LogP contribution in [0.25, 0.3) is 0 Å². The van der Waals surface area contributed by atoms with Crippen molar-refractivity contribution in [1.29, 1.82) is 0 Å². The molecule has 1 aromatic carbocycles. The SMILES string of the molecule is Cc1ccc(C2NCC(=O)N2CC2CCCCC2)cc1. The number of carbonyl (C=O) groups is 1. The first-order chi connectivity index (χ1) is 9.74. The van der Waals surface area contributed by atoms with Crippen molar-refractivity contribution in [2.24, 2.45) is 5.92 Å². The van der Waals surface area contributed by atoms with Crippen LogP contribution < -0.4 is 5.32 Å². The number of rotatable bonds is 3. The molecular formula is C17H24N2O. The molecule has 2 aliphatic rings. The molecule has 1 heterocycles. The van der Waals surface area contributed by atoms with Crippen molar-refractivity contribution in [3.63, 3.8) is 0 Å². The van der Waals surface area contributed by atoms with Gasteiger partial charge in [-0.2, -0.15) is 0 Å². The number of benzene rings is 1. The van der Waals surface area contributed by atoms with E-state index in [4.69, 9.17) is 0 Å². The van der Waals surface area contributed by atoms with Crippen LogP contribution in [0.1, 0.15) is 49.4 Å². The minimum absolute atomic E-state index is 0.0741. The lowest BCUT2D eigenvalue weighted by Crippen LogP contribution is -2.35. The van der Waals surface area contributed by atoms with E-state index in [2.05, 4.69) is 41.4 Å². The Balaban J connectivity index is 1.72. The van der Waals surface area contributed by atoms with Crippen LogP contribution in [0.2, 0.25) is 0 Å². The maximum Gasteiger partial charge on any atom is 0.238 e. The molecule has 1 aliphatic carbocycles. The Labute approximate surface area is 121 Å². The van der Waals surface area contributed by atoms with Gasteiger partial charge in [0.2, 0.25) is 5.91 Å². The number of nitrogens with zero attached hydrogens (tertiary/aromatic N) is 1. The van der Waals surface area contributed by atoms with Gasteiger partial charge in [0.1, 0.15) is 6.17 Å². The monoisotopic (exact) mass is 272 g/mol. The summed E-state index contributed by atoms with van der Waals surface area (Å²) < 4.78 is 0. The van der Waals surface area contributed by atoms with Crippen LogP contribution in [-0.4, -0.2) is 23.9 Å². The molecule has 1 amide bonds. The van der Waals surface area contributed by atoms with E-state index in [0.29, 0.717) is 12.5 Å². The molecule has 3 rings (SSSR count). The van der Waals surface area contributed by atoms with Gasteiger partial charge in [-0.1, -0.05) is 49.1 Å². The zero-order valence-electron chi connectivity index (χ0n) is 12.3. The molecule has 20 heavy (non-hydrogen) atoms. The van der Waals surface area contributed by atoms with Crippen molar-refractivity contribution in [2.75, 3.05) is 13.1 Å². The zero-order valence-corrected chi connectivity index (χ0v) is 12.3. The van der Waals surface area contributed by atoms with Crippen LogP contribution in [0.15, 0.2) is 24.3 Å². The molecule has 1 unspecified atom stereocenters. The summed E-state index contributed by atoms with van der Waals surface area (Å²) in [5, 5.41) is 3.36. The summed E-state index contributed by atoms with van der Waals surface area (Å²) in [5.41, 5.74) is 2.47. The van der Waals surface area contributed by atoms with Crippen molar-refractivity contribution in [2.45, 2.75) is 45.2 Å². The van der Waals surface area contributed by atoms with E-state index in [1.165, 1.54) is 43.2 Å². The molecule has 1 aromatic rings. The number of nitrogens with one attached hydrogen (secondary N) is 1. The van der Waals surface area contributed by atoms with Gasteiger partial charge in [-0.05, 0) is 31.2 Å². The lowest BCUT2D eigenvalue weighted by Gasteiger charge is -2.31. The molecule has 0 aromatic heterocycles. The quantitative estimate of drug-likeness (QED) is 0.917. The molecule has 1 saturated heterocycles. The van der Waals surface area contributed by atoms with Gasteiger partial charge in [0, 0.05) is 6.54 Å². The fourth-order valence-corrected chi connectivity index (χ4v) is 3.44. The summed E-state index contributed by atoms with van der Waals surface area (Å²) in [5.74, 6) is 0.946. The number of amides is 1. The Hall–Kier alpha value is -1.35. The molecular weight excluding hydrogens is 248 g/mol. The molecule has 0 spiro atoms. The maximum atomic E-state index is 12.2. The molecule has 1 atom stereocenters. The van der Waals surface area contributed by atoms with Crippen molar-refractivity contribution < 1.29 is 4.79 Å². The van der Waals surface area contributed by atoms with Gasteiger partial charge in [0.05, 0.1) is 6.54 Å². The topological polar surface area (TPSA) is 32.3 Å². The Kier molecular flexibility index (Phi) is 4.06. The molecule has 3 heteroatoms. The molecule has 3 nitrogen and oxygen atoms in total. The first-order valence-corrected chi connectivity index (χ1v) is 7.83. The fraction of sp³-hybridized carbons (Fsp3) is 0.588. The van der Waals surface area contributed by atoms with Crippen molar-refractivity contribution in [3.8, 4) is 0 Å². The molecule has 0 radical (unpaired) electrons. The van der Waals surface area contributed by atoms with Crippen molar-refractivity contribution in [3.05, 3.63) is 35.4 Å². The van der Waals surface area contributed by atoms with E-state index in [9.17, 15) is 4.79 Å². The first-order valence-electron chi connectivity index (χ1n) is 7.83. The van der Waals surface area contributed by atoms with Crippen LogP contribution in [0, 0.1) is 12.8 Å². The van der Waals surface area contributed by atoms with Gasteiger partial charge < -0.3 is 4.90 Å². The van der Waals surface area contributed by atoms with Crippen LogP contribution in [0.4, 0.5) is 0 Å². The zero-order chi connectivity index (χ0) is 13.9. The lowest BCUT2D eigenvalue weighted by molar-refractivity contribution is -0.128. The van der Waals surface area contributed by atoms with E-state index >= 15 is 0 Å². The van der Waals surface area contributed by atoms with Crippen LogP contribution in [-0.2, 0) is 4.79 Å². The Morgan fingerprint density at radius 3 is 2.55 bits per heavy atom. The summed E-state index contributed by atoms with van der Waals surface area (Å²) in [6, 6.07) is 8.52. The highest BCUT2D eigenvalue weighted by Gasteiger charge is 2.33. The van der Waals surface area contributed by atoms with Crippen LogP contribution in [0.5, 0.6) is 0 Å². The fourth-order valence-electron chi connectivity index (χ4n) is 3.44. The highest BCUT2D eigenvalue weighted by Crippen LogP contribution is 2.29. The second kappa shape index (κ2) is 5.96. The van der Waals surface area contributed by atoms with E-state index < -0.39 is 0 Å². The Morgan fingerprint density at radius 2 is 1.85 bits per heavy atom. The van der Waals surface area contributed by atoms with Crippen molar-refractivity contribution >= 4 is 5.91 Å². The van der Waals surface area contributed by atoms with Crippen LogP contribution >= 0.6 is 0 Å². The van der Waals surface area contributed by atoms with Gasteiger partial charge in [0.25, 0.3) is 0 Å². The van der Waals surface area contributed by atoms with Crippen LogP contribution in [0.3, 0.4) is 0 Å². The standard InChI is InChI=1S/C17H24N2O/c1-13-7-9-15(10-8-13)17-18-11-16(20)19(17)12-14-5-3-2-4-6-14/h7-10,14,17-18H,2-6,11-12H2,1H3. The van der Waals surface area contributed by atoms with Crippen molar-refractivity contribution in [1.82, 2.24) is 10.2 Å². The smallest absolute Gasteiger partial charge is 0.238 e. The predicted octanol–water partition coefficient (Wildman–Crippen LogP) is 3.01. The Morgan fingerprint density at radius 1 is 1.15 bits per heavy atom. The van der Waals surface area contributed by atoms with E-state index in [1.807, 2.05) is 0 Å². The number of aryl methyl sites for hydroxylation is 1. The molecule has 0 bridgehead atoms. The van der Waals surface area contributed by atoms with Gasteiger partial charge >= 0.3 is 0 Å². The third-order valence-electron chi connectivity index (χ3n) is 4.65. The van der Waals surface area contributed by atoms with Gasteiger partial charge in [0.15, 0.2) is 0 Å². The minimum atomic E-state index is 0.0741. The molecule has 108 valence electrons. The normalized spacial score (nSPS) is 24.4. The first kappa shape index (κ1) is 13.6. The lowest BCUT2D eigenvalue weighted by atomic mass is 9.89. The summed E-state index contributed by atoms with van der Waals surface area (Å²) in [6.07, 6.45) is 6.66. The maximum absolute atomic E-state index is 12.2. The number of hydrogen-bond donors (Lipinski definition) is 1. The average Bonchev–Trinajstić information content (AvgIpc) is 2.83. The summed E-state index contributed by atoms with van der Waals surface area (Å²) in [4.78, 5) is 14.2.